The molecule has 3 nitrogen and oxygen atoms in total. The van der Waals surface area contributed by atoms with Crippen LogP contribution in [0.15, 0.2) is 30.3 Å². The van der Waals surface area contributed by atoms with Gasteiger partial charge in [-0.3, -0.25) is 9.69 Å². The number of nitrogens with zero attached hydrogens (tertiary/aromatic N) is 1. The Labute approximate surface area is 133 Å². The van der Waals surface area contributed by atoms with Crippen LogP contribution in [0, 0.1) is 5.92 Å². The molecule has 0 spiro atoms. The number of piperidine rings is 2. The highest BCUT2D eigenvalue weighted by Gasteiger charge is 2.40. The summed E-state index contributed by atoms with van der Waals surface area (Å²) in [5.74, 6) is 0.676. The minimum atomic E-state index is 0.262. The van der Waals surface area contributed by atoms with Gasteiger partial charge in [-0.15, -0.1) is 0 Å². The molecule has 2 saturated heterocycles. The summed E-state index contributed by atoms with van der Waals surface area (Å²) in [7, 11) is 1.67. The molecule has 3 heteroatoms. The number of methoxy groups -OCH3 is 1. The molecule has 1 aromatic carbocycles. The van der Waals surface area contributed by atoms with Crippen molar-refractivity contribution in [1.29, 1.82) is 0 Å². The number of ketones is 1. The highest BCUT2D eigenvalue weighted by Crippen LogP contribution is 2.38. The van der Waals surface area contributed by atoms with E-state index in [4.69, 9.17) is 4.74 Å². The fraction of sp³-hybridized carbons (Fsp3) is 0.632. The maximum atomic E-state index is 12.4. The first-order chi connectivity index (χ1) is 10.8. The van der Waals surface area contributed by atoms with Crippen molar-refractivity contribution >= 4 is 5.78 Å². The third kappa shape index (κ3) is 3.58. The summed E-state index contributed by atoms with van der Waals surface area (Å²) in [6.07, 6.45) is 6.49. The Kier molecular flexibility index (Phi) is 5.27. The van der Waals surface area contributed by atoms with E-state index in [1.807, 2.05) is 0 Å². The van der Waals surface area contributed by atoms with Crippen LogP contribution in [0.25, 0.3) is 0 Å². The van der Waals surface area contributed by atoms with E-state index >= 15 is 0 Å². The average Bonchev–Trinajstić information content (AvgIpc) is 2.53. The average molecular weight is 301 g/mol. The topological polar surface area (TPSA) is 29.5 Å². The summed E-state index contributed by atoms with van der Waals surface area (Å²) in [4.78, 5) is 15.0. The van der Waals surface area contributed by atoms with Gasteiger partial charge in [0.1, 0.15) is 5.78 Å². The third-order valence-electron chi connectivity index (χ3n) is 5.34. The first-order valence-corrected chi connectivity index (χ1v) is 8.59. The molecule has 0 amide bonds. The van der Waals surface area contributed by atoms with Crippen LogP contribution in [0.1, 0.15) is 44.1 Å². The van der Waals surface area contributed by atoms with Crippen molar-refractivity contribution in [1.82, 2.24) is 4.90 Å². The molecule has 0 N–H and O–H groups in total. The Morgan fingerprint density at radius 1 is 1.18 bits per heavy atom. The monoisotopic (exact) mass is 301 g/mol. The molecule has 0 radical (unpaired) electrons. The molecule has 2 heterocycles. The summed E-state index contributed by atoms with van der Waals surface area (Å²) in [5.41, 5.74) is 1.39. The summed E-state index contributed by atoms with van der Waals surface area (Å²) in [6, 6.07) is 11.9. The zero-order valence-corrected chi connectivity index (χ0v) is 13.5. The molecule has 0 aliphatic carbocycles. The van der Waals surface area contributed by atoms with Crippen LogP contribution in [-0.2, 0) is 16.1 Å². The summed E-state index contributed by atoms with van der Waals surface area (Å²) < 4.78 is 5.07. The smallest absolute Gasteiger partial charge is 0.138 e. The van der Waals surface area contributed by atoms with E-state index in [0.29, 0.717) is 30.9 Å². The van der Waals surface area contributed by atoms with E-state index in [2.05, 4.69) is 35.2 Å². The zero-order chi connectivity index (χ0) is 15.4. The molecule has 1 aromatic rings. The summed E-state index contributed by atoms with van der Waals surface area (Å²) in [6.45, 7) is 1.60. The number of rotatable bonds is 6. The highest BCUT2D eigenvalue weighted by molar-refractivity contribution is 5.81. The number of ether oxygens (including phenoxy) is 1. The minimum absolute atomic E-state index is 0.262. The molecule has 0 aromatic heterocycles. The Morgan fingerprint density at radius 2 is 1.86 bits per heavy atom. The molecule has 2 unspecified atom stereocenters. The van der Waals surface area contributed by atoms with E-state index in [1.54, 1.807) is 7.11 Å². The van der Waals surface area contributed by atoms with Crippen molar-refractivity contribution in [3.63, 3.8) is 0 Å². The van der Waals surface area contributed by atoms with Crippen LogP contribution in [0.3, 0.4) is 0 Å². The molecule has 2 bridgehead atoms. The van der Waals surface area contributed by atoms with Crippen LogP contribution >= 0.6 is 0 Å². The predicted molar refractivity (Wildman–Crippen MR) is 87.6 cm³/mol. The van der Waals surface area contributed by atoms with Crippen molar-refractivity contribution in [3.8, 4) is 0 Å². The van der Waals surface area contributed by atoms with Crippen LogP contribution in [-0.4, -0.2) is 36.5 Å². The molecule has 2 fully saturated rings. The Bertz CT molecular complexity index is 473. The number of hydrogen-bond donors (Lipinski definition) is 0. The number of benzene rings is 1. The molecule has 120 valence electrons. The lowest BCUT2D eigenvalue weighted by Crippen LogP contribution is -2.52. The molecule has 22 heavy (non-hydrogen) atoms. The van der Waals surface area contributed by atoms with Gasteiger partial charge in [0.25, 0.3) is 0 Å². The van der Waals surface area contributed by atoms with Crippen LogP contribution in [0.4, 0.5) is 0 Å². The lowest BCUT2D eigenvalue weighted by Gasteiger charge is -2.48. The van der Waals surface area contributed by atoms with Crippen molar-refractivity contribution in [2.75, 3.05) is 13.7 Å². The quantitative estimate of drug-likeness (QED) is 0.806. The predicted octanol–water partition coefficient (Wildman–Crippen LogP) is 3.43. The summed E-state index contributed by atoms with van der Waals surface area (Å²) >= 11 is 0. The largest absolute Gasteiger partial charge is 0.384 e. The first-order valence-electron chi connectivity index (χ1n) is 8.59. The van der Waals surface area contributed by atoms with Gasteiger partial charge in [0.05, 0.1) is 6.61 Å². The number of carbonyl (C=O) groups is 1. The number of Topliss-reactive ketones (excluding diaryl/α,β-unsaturated/α-hetero) is 1. The third-order valence-corrected chi connectivity index (χ3v) is 5.34. The Balaban J connectivity index is 1.65. The van der Waals surface area contributed by atoms with E-state index in [1.165, 1.54) is 24.8 Å². The second-order valence-electron chi connectivity index (χ2n) is 6.77. The summed E-state index contributed by atoms with van der Waals surface area (Å²) in [5, 5.41) is 0. The van der Waals surface area contributed by atoms with Gasteiger partial charge in [0.2, 0.25) is 0 Å². The van der Waals surface area contributed by atoms with E-state index < -0.39 is 0 Å². The second kappa shape index (κ2) is 7.38. The van der Waals surface area contributed by atoms with Crippen molar-refractivity contribution in [2.45, 2.75) is 57.2 Å². The lowest BCUT2D eigenvalue weighted by atomic mass is 9.76. The van der Waals surface area contributed by atoms with Crippen molar-refractivity contribution < 1.29 is 9.53 Å². The Hall–Kier alpha value is -1.19. The molecular weight excluding hydrogens is 274 g/mol. The molecule has 2 atom stereocenters. The van der Waals surface area contributed by atoms with E-state index in [0.717, 1.165) is 19.4 Å². The van der Waals surface area contributed by atoms with Crippen molar-refractivity contribution in [3.05, 3.63) is 35.9 Å². The van der Waals surface area contributed by atoms with Gasteiger partial charge in [0, 0.05) is 38.1 Å². The van der Waals surface area contributed by atoms with E-state index in [-0.39, 0.29) is 5.92 Å². The number of carbonyl (C=O) groups excluding carboxylic acids is 1. The molecule has 0 saturated carbocycles. The van der Waals surface area contributed by atoms with Gasteiger partial charge in [-0.25, -0.2) is 0 Å². The van der Waals surface area contributed by atoms with E-state index in [9.17, 15) is 4.79 Å². The van der Waals surface area contributed by atoms with Gasteiger partial charge >= 0.3 is 0 Å². The lowest BCUT2D eigenvalue weighted by molar-refractivity contribution is -0.128. The second-order valence-corrected chi connectivity index (χ2v) is 6.77. The minimum Gasteiger partial charge on any atom is -0.384 e. The van der Waals surface area contributed by atoms with Gasteiger partial charge < -0.3 is 4.74 Å². The number of hydrogen-bond acceptors (Lipinski definition) is 3. The first kappa shape index (κ1) is 15.7. The number of fused-ring (bicyclic) bond motifs is 2. The normalized spacial score (nSPS) is 28.5. The standard InChI is InChI=1S/C19H27NO2/c1-22-11-10-19(21)16-12-17-8-5-9-18(13-16)20(17)14-15-6-3-2-4-7-15/h2-4,6-7,16-18H,5,8-14H2,1H3. The van der Waals surface area contributed by atoms with Gasteiger partial charge in [-0.05, 0) is 31.2 Å². The molecule has 2 aliphatic rings. The Morgan fingerprint density at radius 3 is 2.50 bits per heavy atom. The van der Waals surface area contributed by atoms with Crippen LogP contribution < -0.4 is 0 Å². The SMILES string of the molecule is COCCC(=O)C1CC2CCCC(C1)N2Cc1ccccc1. The van der Waals surface area contributed by atoms with Gasteiger partial charge in [-0.2, -0.15) is 0 Å². The fourth-order valence-corrected chi connectivity index (χ4v) is 4.20. The molecular formula is C19H27NO2. The van der Waals surface area contributed by atoms with Crippen molar-refractivity contribution in [2.24, 2.45) is 5.92 Å². The zero-order valence-electron chi connectivity index (χ0n) is 13.5. The highest BCUT2D eigenvalue weighted by atomic mass is 16.5. The van der Waals surface area contributed by atoms with Crippen LogP contribution in [0.5, 0.6) is 0 Å². The fourth-order valence-electron chi connectivity index (χ4n) is 4.20. The maximum Gasteiger partial charge on any atom is 0.138 e. The maximum absolute atomic E-state index is 12.4. The van der Waals surface area contributed by atoms with Crippen LogP contribution in [0.2, 0.25) is 0 Å². The van der Waals surface area contributed by atoms with Gasteiger partial charge in [-0.1, -0.05) is 36.8 Å². The molecule has 2 aliphatic heterocycles. The molecule has 3 rings (SSSR count). The van der Waals surface area contributed by atoms with Gasteiger partial charge in [0.15, 0.2) is 0 Å².